The summed E-state index contributed by atoms with van der Waals surface area (Å²) in [4.78, 5) is 14.6. The van der Waals surface area contributed by atoms with E-state index in [1.54, 1.807) is 0 Å². The first-order valence-electron chi connectivity index (χ1n) is 8.28. The molecule has 1 aliphatic carbocycles. The van der Waals surface area contributed by atoms with Gasteiger partial charge in [-0.2, -0.15) is 0 Å². The quantitative estimate of drug-likeness (QED) is 0.834. The highest BCUT2D eigenvalue weighted by Gasteiger charge is 2.46. The maximum atomic E-state index is 12.6. The molecule has 2 atom stereocenters. The van der Waals surface area contributed by atoms with Crippen molar-refractivity contribution in [3.8, 4) is 11.1 Å². The average Bonchev–Trinajstić information content (AvgIpc) is 3.19. The molecule has 112 valence electrons. The number of likely N-dealkylation sites (tertiary alicyclic amines) is 1. The van der Waals surface area contributed by atoms with Crippen molar-refractivity contribution in [3.63, 3.8) is 0 Å². The first-order valence-corrected chi connectivity index (χ1v) is 8.28. The molecule has 2 aliphatic rings. The molecule has 1 heterocycles. The van der Waals surface area contributed by atoms with Crippen molar-refractivity contribution in [1.29, 1.82) is 0 Å². The van der Waals surface area contributed by atoms with Gasteiger partial charge in [-0.1, -0.05) is 54.6 Å². The number of amides is 1. The van der Waals surface area contributed by atoms with Crippen LogP contribution in [0.1, 0.15) is 30.7 Å². The number of carbonyl (C=O) groups is 1. The van der Waals surface area contributed by atoms with Crippen molar-refractivity contribution in [1.82, 2.24) is 4.90 Å². The standard InChI is InChI=1S/C20H21NO/c22-20(21-12-6-7-13-21)19-14-18(19)17-11-5-4-10-16(17)15-8-2-1-3-9-15/h1-5,8-11,18-19H,6-7,12-14H2. The van der Waals surface area contributed by atoms with Crippen molar-refractivity contribution >= 4 is 5.91 Å². The van der Waals surface area contributed by atoms with E-state index in [-0.39, 0.29) is 5.92 Å². The van der Waals surface area contributed by atoms with Gasteiger partial charge < -0.3 is 4.90 Å². The zero-order valence-electron chi connectivity index (χ0n) is 12.7. The van der Waals surface area contributed by atoms with Gasteiger partial charge in [0.05, 0.1) is 0 Å². The van der Waals surface area contributed by atoms with Crippen molar-refractivity contribution in [3.05, 3.63) is 60.2 Å². The van der Waals surface area contributed by atoms with Gasteiger partial charge in [0, 0.05) is 19.0 Å². The van der Waals surface area contributed by atoms with Gasteiger partial charge in [0.25, 0.3) is 0 Å². The lowest BCUT2D eigenvalue weighted by Crippen LogP contribution is -2.29. The van der Waals surface area contributed by atoms with Crippen LogP contribution in [0.4, 0.5) is 0 Å². The Morgan fingerprint density at radius 1 is 0.909 bits per heavy atom. The molecule has 22 heavy (non-hydrogen) atoms. The van der Waals surface area contributed by atoms with Crippen molar-refractivity contribution < 1.29 is 4.79 Å². The summed E-state index contributed by atoms with van der Waals surface area (Å²) in [6.45, 7) is 1.92. The predicted octanol–water partition coefficient (Wildman–Crippen LogP) is 4.08. The molecule has 1 aliphatic heterocycles. The van der Waals surface area contributed by atoms with Crippen molar-refractivity contribution in [2.24, 2.45) is 5.92 Å². The fourth-order valence-electron chi connectivity index (χ4n) is 3.68. The topological polar surface area (TPSA) is 20.3 Å². The van der Waals surface area contributed by atoms with E-state index in [1.807, 2.05) is 6.07 Å². The van der Waals surface area contributed by atoms with Crippen LogP contribution in [0.25, 0.3) is 11.1 Å². The van der Waals surface area contributed by atoms with E-state index in [4.69, 9.17) is 0 Å². The van der Waals surface area contributed by atoms with Gasteiger partial charge in [0.2, 0.25) is 5.91 Å². The summed E-state index contributed by atoms with van der Waals surface area (Å²) in [7, 11) is 0. The minimum absolute atomic E-state index is 0.211. The second kappa shape index (κ2) is 5.60. The molecule has 0 N–H and O–H groups in total. The molecule has 2 heteroatoms. The van der Waals surface area contributed by atoms with Crippen LogP contribution in [0.3, 0.4) is 0 Å². The van der Waals surface area contributed by atoms with Gasteiger partial charge in [-0.25, -0.2) is 0 Å². The van der Waals surface area contributed by atoms with E-state index in [1.165, 1.54) is 29.5 Å². The normalized spacial score (nSPS) is 23.5. The zero-order valence-corrected chi connectivity index (χ0v) is 12.7. The number of benzene rings is 2. The molecule has 0 radical (unpaired) electrons. The highest BCUT2D eigenvalue weighted by molar-refractivity contribution is 5.84. The highest BCUT2D eigenvalue weighted by Crippen LogP contribution is 2.51. The Morgan fingerprint density at radius 2 is 1.59 bits per heavy atom. The lowest BCUT2D eigenvalue weighted by molar-refractivity contribution is -0.131. The van der Waals surface area contributed by atoms with Gasteiger partial charge >= 0.3 is 0 Å². The summed E-state index contributed by atoms with van der Waals surface area (Å²) in [6, 6.07) is 19.1. The summed E-state index contributed by atoms with van der Waals surface area (Å²) in [5, 5.41) is 0. The zero-order chi connectivity index (χ0) is 14.9. The minimum Gasteiger partial charge on any atom is -0.342 e. The third kappa shape index (κ3) is 2.43. The molecule has 2 fully saturated rings. The third-order valence-corrected chi connectivity index (χ3v) is 4.97. The smallest absolute Gasteiger partial charge is 0.226 e. The monoisotopic (exact) mass is 291 g/mol. The predicted molar refractivity (Wildman–Crippen MR) is 88.5 cm³/mol. The average molecular weight is 291 g/mol. The van der Waals surface area contributed by atoms with E-state index < -0.39 is 0 Å². The molecule has 4 rings (SSSR count). The summed E-state index contributed by atoms with van der Waals surface area (Å²) < 4.78 is 0. The summed E-state index contributed by atoms with van der Waals surface area (Å²) >= 11 is 0. The third-order valence-electron chi connectivity index (χ3n) is 4.97. The fourth-order valence-corrected chi connectivity index (χ4v) is 3.68. The number of rotatable bonds is 3. The SMILES string of the molecule is O=C(C1CC1c1ccccc1-c1ccccc1)N1CCCC1. The van der Waals surface area contributed by atoms with E-state index in [9.17, 15) is 4.79 Å². The van der Waals surface area contributed by atoms with Gasteiger partial charge in [-0.3, -0.25) is 4.79 Å². The second-order valence-corrected chi connectivity index (χ2v) is 6.43. The number of hydrogen-bond donors (Lipinski definition) is 0. The Morgan fingerprint density at radius 3 is 2.36 bits per heavy atom. The Kier molecular flexibility index (Phi) is 3.45. The molecule has 2 aromatic rings. The molecule has 0 bridgehead atoms. The van der Waals surface area contributed by atoms with Gasteiger partial charge in [-0.05, 0) is 41.9 Å². The van der Waals surface area contributed by atoms with Gasteiger partial charge in [-0.15, -0.1) is 0 Å². The van der Waals surface area contributed by atoms with Crippen LogP contribution in [-0.4, -0.2) is 23.9 Å². The van der Waals surface area contributed by atoms with Crippen molar-refractivity contribution in [2.75, 3.05) is 13.1 Å². The van der Waals surface area contributed by atoms with Crippen molar-refractivity contribution in [2.45, 2.75) is 25.2 Å². The minimum atomic E-state index is 0.211. The highest BCUT2D eigenvalue weighted by atomic mass is 16.2. The lowest BCUT2D eigenvalue weighted by atomic mass is 9.96. The summed E-state index contributed by atoms with van der Waals surface area (Å²) in [6.07, 6.45) is 3.35. The molecule has 1 amide bonds. The Labute approximate surface area is 131 Å². The van der Waals surface area contributed by atoms with Crippen LogP contribution in [0, 0.1) is 5.92 Å². The van der Waals surface area contributed by atoms with E-state index in [0.717, 1.165) is 19.5 Å². The number of nitrogens with zero attached hydrogens (tertiary/aromatic N) is 1. The Hall–Kier alpha value is -2.09. The number of carbonyl (C=O) groups excluding carboxylic acids is 1. The maximum absolute atomic E-state index is 12.6. The molecular formula is C20H21NO. The van der Waals surface area contributed by atoms with Gasteiger partial charge in [0.1, 0.15) is 0 Å². The molecule has 0 spiro atoms. The fraction of sp³-hybridized carbons (Fsp3) is 0.350. The Bertz CT molecular complexity index is 673. The number of hydrogen-bond acceptors (Lipinski definition) is 1. The Balaban J connectivity index is 1.58. The van der Waals surface area contributed by atoms with Crippen LogP contribution in [0.15, 0.2) is 54.6 Å². The maximum Gasteiger partial charge on any atom is 0.226 e. The van der Waals surface area contributed by atoms with Crippen LogP contribution in [-0.2, 0) is 4.79 Å². The van der Waals surface area contributed by atoms with Crippen LogP contribution >= 0.6 is 0 Å². The summed E-state index contributed by atoms with van der Waals surface area (Å²) in [5.74, 6) is 0.998. The van der Waals surface area contributed by atoms with Crippen LogP contribution in [0.2, 0.25) is 0 Å². The van der Waals surface area contributed by atoms with Crippen LogP contribution < -0.4 is 0 Å². The molecule has 2 aromatic carbocycles. The summed E-state index contributed by atoms with van der Waals surface area (Å²) in [5.41, 5.74) is 3.87. The molecule has 2 nitrogen and oxygen atoms in total. The van der Waals surface area contributed by atoms with Crippen LogP contribution in [0.5, 0.6) is 0 Å². The molecule has 0 aromatic heterocycles. The van der Waals surface area contributed by atoms with E-state index in [2.05, 4.69) is 53.4 Å². The van der Waals surface area contributed by atoms with Gasteiger partial charge in [0.15, 0.2) is 0 Å². The first-order chi connectivity index (χ1) is 10.8. The lowest BCUT2D eigenvalue weighted by Gasteiger charge is -2.15. The molecule has 1 saturated carbocycles. The molecular weight excluding hydrogens is 270 g/mol. The first kappa shape index (κ1) is 13.6. The second-order valence-electron chi connectivity index (χ2n) is 6.43. The largest absolute Gasteiger partial charge is 0.342 e. The molecule has 2 unspecified atom stereocenters. The van der Waals surface area contributed by atoms with E-state index >= 15 is 0 Å². The molecule has 1 saturated heterocycles. The van der Waals surface area contributed by atoms with E-state index in [0.29, 0.717) is 11.8 Å².